The van der Waals surface area contributed by atoms with Gasteiger partial charge in [0, 0.05) is 44.3 Å². The van der Waals surface area contributed by atoms with Gasteiger partial charge in [0.25, 0.3) is 5.91 Å². The second-order valence-corrected chi connectivity index (χ2v) is 6.58. The average Bonchev–Trinajstić information content (AvgIpc) is 2.90. The van der Waals surface area contributed by atoms with Crippen LogP contribution in [0.2, 0.25) is 5.02 Å². The number of benzene rings is 1. The summed E-state index contributed by atoms with van der Waals surface area (Å²) in [5, 5.41) is 4.96. The molecule has 0 bridgehead atoms. The molecule has 0 unspecified atom stereocenters. The lowest BCUT2D eigenvalue weighted by Gasteiger charge is -2.20. The van der Waals surface area contributed by atoms with E-state index >= 15 is 0 Å². The highest BCUT2D eigenvalue weighted by atomic mass is 35.5. The fraction of sp³-hybridized carbons (Fsp3) is 0.389. The average molecular weight is 361 g/mol. The predicted molar refractivity (Wildman–Crippen MR) is 95.6 cm³/mol. The highest BCUT2D eigenvalue weighted by molar-refractivity contribution is 6.31. The van der Waals surface area contributed by atoms with E-state index in [9.17, 15) is 9.59 Å². The molecule has 0 radical (unpaired) electrons. The van der Waals surface area contributed by atoms with Gasteiger partial charge in [0.1, 0.15) is 0 Å². The molecule has 1 aliphatic rings. The van der Waals surface area contributed by atoms with Crippen LogP contribution in [0.3, 0.4) is 0 Å². The van der Waals surface area contributed by atoms with Gasteiger partial charge in [0.05, 0.1) is 18.3 Å². The Kier molecular flexibility index (Phi) is 5.38. The predicted octanol–water partition coefficient (Wildman–Crippen LogP) is 2.28. The van der Waals surface area contributed by atoms with Crippen LogP contribution in [-0.4, -0.2) is 57.6 Å². The van der Waals surface area contributed by atoms with E-state index in [4.69, 9.17) is 11.6 Å². The minimum Gasteiger partial charge on any atom is -0.341 e. The Bertz CT molecular complexity index is 774. The van der Waals surface area contributed by atoms with Gasteiger partial charge >= 0.3 is 0 Å². The van der Waals surface area contributed by atoms with Crippen LogP contribution in [0.5, 0.6) is 0 Å². The van der Waals surface area contributed by atoms with Gasteiger partial charge in [0.2, 0.25) is 5.91 Å². The lowest BCUT2D eigenvalue weighted by Crippen LogP contribution is -2.36. The second-order valence-electron chi connectivity index (χ2n) is 6.17. The first-order valence-corrected chi connectivity index (χ1v) is 8.73. The molecular formula is C18H21ClN4O2. The van der Waals surface area contributed by atoms with Gasteiger partial charge in [-0.3, -0.25) is 14.3 Å². The number of amides is 2. The van der Waals surface area contributed by atoms with Crippen LogP contribution in [0.4, 0.5) is 0 Å². The molecule has 0 aliphatic carbocycles. The Labute approximate surface area is 152 Å². The van der Waals surface area contributed by atoms with E-state index in [-0.39, 0.29) is 11.8 Å². The van der Waals surface area contributed by atoms with Crippen molar-refractivity contribution < 1.29 is 9.59 Å². The molecule has 25 heavy (non-hydrogen) atoms. The molecule has 0 N–H and O–H groups in total. The monoisotopic (exact) mass is 360 g/mol. The molecule has 2 amide bonds. The van der Waals surface area contributed by atoms with E-state index in [1.807, 2.05) is 24.3 Å². The van der Waals surface area contributed by atoms with Crippen molar-refractivity contribution in [2.45, 2.75) is 19.9 Å². The summed E-state index contributed by atoms with van der Waals surface area (Å²) in [5.74, 6) is 0.0117. The fourth-order valence-corrected chi connectivity index (χ4v) is 3.18. The highest BCUT2D eigenvalue weighted by Crippen LogP contribution is 2.16. The van der Waals surface area contributed by atoms with Crippen LogP contribution in [0.25, 0.3) is 0 Å². The number of hydrogen-bond acceptors (Lipinski definition) is 3. The standard InChI is InChI=1S/C18H21ClN4O2/c1-14(24)21-7-4-8-22(10-9-21)18(25)16-11-20-23(13-16)12-15-5-2-3-6-17(15)19/h2-3,5-6,11,13H,4,7-10,12H2,1H3. The first-order valence-electron chi connectivity index (χ1n) is 8.35. The quantitative estimate of drug-likeness (QED) is 0.843. The van der Waals surface area contributed by atoms with Crippen molar-refractivity contribution in [3.8, 4) is 0 Å². The highest BCUT2D eigenvalue weighted by Gasteiger charge is 2.22. The van der Waals surface area contributed by atoms with Crippen LogP contribution in [0.1, 0.15) is 29.3 Å². The summed E-state index contributed by atoms with van der Waals surface area (Å²) < 4.78 is 1.72. The molecule has 1 aromatic carbocycles. The normalized spacial score (nSPS) is 15.1. The zero-order valence-electron chi connectivity index (χ0n) is 14.2. The van der Waals surface area contributed by atoms with Gasteiger partial charge in [-0.25, -0.2) is 0 Å². The SMILES string of the molecule is CC(=O)N1CCCN(C(=O)c2cnn(Cc3ccccc3Cl)c2)CC1. The van der Waals surface area contributed by atoms with Gasteiger partial charge < -0.3 is 9.80 Å². The van der Waals surface area contributed by atoms with Crippen molar-refractivity contribution in [2.24, 2.45) is 0 Å². The molecule has 1 fully saturated rings. The number of nitrogens with zero attached hydrogens (tertiary/aromatic N) is 4. The molecule has 0 saturated carbocycles. The topological polar surface area (TPSA) is 58.4 Å². The van der Waals surface area contributed by atoms with E-state index in [2.05, 4.69) is 5.10 Å². The van der Waals surface area contributed by atoms with Gasteiger partial charge in [-0.15, -0.1) is 0 Å². The maximum absolute atomic E-state index is 12.7. The molecule has 3 rings (SSSR count). The van der Waals surface area contributed by atoms with Crippen LogP contribution < -0.4 is 0 Å². The van der Waals surface area contributed by atoms with E-state index in [1.54, 1.807) is 33.8 Å². The maximum atomic E-state index is 12.7. The van der Waals surface area contributed by atoms with Gasteiger partial charge in [-0.2, -0.15) is 5.10 Å². The number of halogens is 1. The van der Waals surface area contributed by atoms with Crippen molar-refractivity contribution in [2.75, 3.05) is 26.2 Å². The van der Waals surface area contributed by atoms with Crippen molar-refractivity contribution in [3.05, 3.63) is 52.8 Å². The summed E-state index contributed by atoms with van der Waals surface area (Å²) in [7, 11) is 0. The first-order chi connectivity index (χ1) is 12.0. The summed E-state index contributed by atoms with van der Waals surface area (Å²) in [5.41, 5.74) is 1.52. The van der Waals surface area contributed by atoms with Crippen molar-refractivity contribution >= 4 is 23.4 Å². The fourth-order valence-electron chi connectivity index (χ4n) is 2.98. The number of hydrogen-bond donors (Lipinski definition) is 0. The van der Waals surface area contributed by atoms with Gasteiger partial charge in [-0.1, -0.05) is 29.8 Å². The first kappa shape index (κ1) is 17.5. The lowest BCUT2D eigenvalue weighted by atomic mass is 10.2. The van der Waals surface area contributed by atoms with Crippen LogP contribution in [0, 0.1) is 0 Å². The number of rotatable bonds is 3. The van der Waals surface area contributed by atoms with E-state index in [0.717, 1.165) is 12.0 Å². The third-order valence-electron chi connectivity index (χ3n) is 4.40. The van der Waals surface area contributed by atoms with Crippen molar-refractivity contribution in [1.29, 1.82) is 0 Å². The van der Waals surface area contributed by atoms with E-state index in [0.29, 0.717) is 43.3 Å². The summed E-state index contributed by atoms with van der Waals surface area (Å²) in [6, 6.07) is 7.59. The van der Waals surface area contributed by atoms with Crippen LogP contribution in [-0.2, 0) is 11.3 Å². The van der Waals surface area contributed by atoms with Crippen LogP contribution in [0.15, 0.2) is 36.7 Å². The Morgan fingerprint density at radius 3 is 2.60 bits per heavy atom. The third kappa shape index (κ3) is 4.20. The summed E-state index contributed by atoms with van der Waals surface area (Å²) in [6.45, 7) is 4.56. The molecule has 2 heterocycles. The minimum absolute atomic E-state index is 0.0455. The Hall–Kier alpha value is -2.34. The van der Waals surface area contributed by atoms with Crippen molar-refractivity contribution in [1.82, 2.24) is 19.6 Å². The van der Waals surface area contributed by atoms with Gasteiger partial charge in [-0.05, 0) is 18.1 Å². The maximum Gasteiger partial charge on any atom is 0.257 e. The lowest BCUT2D eigenvalue weighted by molar-refractivity contribution is -0.128. The molecule has 0 spiro atoms. The van der Waals surface area contributed by atoms with Crippen LogP contribution >= 0.6 is 11.6 Å². The van der Waals surface area contributed by atoms with Gasteiger partial charge in [0.15, 0.2) is 0 Å². The number of carbonyl (C=O) groups is 2. The molecule has 1 saturated heterocycles. The molecule has 7 heteroatoms. The largest absolute Gasteiger partial charge is 0.341 e. The zero-order valence-corrected chi connectivity index (χ0v) is 14.9. The zero-order chi connectivity index (χ0) is 17.8. The van der Waals surface area contributed by atoms with E-state index in [1.165, 1.54) is 0 Å². The smallest absolute Gasteiger partial charge is 0.257 e. The summed E-state index contributed by atoms with van der Waals surface area (Å²) >= 11 is 6.17. The molecule has 1 aromatic heterocycles. The Morgan fingerprint density at radius 1 is 1.12 bits per heavy atom. The minimum atomic E-state index is -0.0455. The summed E-state index contributed by atoms with van der Waals surface area (Å²) in [4.78, 5) is 27.8. The van der Waals surface area contributed by atoms with Crippen molar-refractivity contribution in [3.63, 3.8) is 0 Å². The van der Waals surface area contributed by atoms with E-state index < -0.39 is 0 Å². The molecule has 6 nitrogen and oxygen atoms in total. The molecule has 2 aromatic rings. The third-order valence-corrected chi connectivity index (χ3v) is 4.77. The summed E-state index contributed by atoms with van der Waals surface area (Å²) in [6.07, 6.45) is 4.13. The number of aromatic nitrogens is 2. The Morgan fingerprint density at radius 2 is 1.84 bits per heavy atom. The molecule has 0 atom stereocenters. The second kappa shape index (κ2) is 7.70. The molecule has 1 aliphatic heterocycles. The molecular weight excluding hydrogens is 340 g/mol. The number of carbonyl (C=O) groups excluding carboxylic acids is 2. The Balaban J connectivity index is 1.66. The molecule has 132 valence electrons.